The topological polar surface area (TPSA) is 36.4 Å². The number of nitrogens with zero attached hydrogens (tertiary/aromatic N) is 1. The van der Waals surface area contributed by atoms with Gasteiger partial charge in [-0.2, -0.15) is 5.10 Å². The third-order valence-corrected chi connectivity index (χ3v) is 3.44. The second-order valence-corrected chi connectivity index (χ2v) is 5.69. The predicted molar refractivity (Wildman–Crippen MR) is 94.9 cm³/mol. The van der Waals surface area contributed by atoms with Crippen LogP contribution in [-0.4, -0.2) is 11.3 Å². The molecule has 0 spiro atoms. The van der Waals surface area contributed by atoms with E-state index in [1.807, 2.05) is 12.1 Å². The molecular weight excluding hydrogens is 349 g/mol. The molecule has 0 aliphatic heterocycles. The molecule has 2 aromatic rings. The fourth-order valence-electron chi connectivity index (χ4n) is 1.46. The number of hydrogen-bond acceptors (Lipinski definition) is 2. The Kier molecular flexibility index (Phi) is 5.82. The van der Waals surface area contributed by atoms with Gasteiger partial charge in [-0.15, -0.1) is 0 Å². The van der Waals surface area contributed by atoms with E-state index < -0.39 is 0 Å². The van der Waals surface area contributed by atoms with Crippen molar-refractivity contribution in [3.05, 3.63) is 63.1 Å². The monoisotopic (exact) mass is 357 g/mol. The maximum atomic E-state index is 6.03. The van der Waals surface area contributed by atoms with Crippen molar-refractivity contribution in [2.75, 3.05) is 5.32 Å². The number of thiocarbonyl (C=S) groups is 1. The van der Waals surface area contributed by atoms with E-state index in [2.05, 4.69) is 15.8 Å². The van der Waals surface area contributed by atoms with Crippen molar-refractivity contribution in [1.82, 2.24) is 5.43 Å². The second kappa shape index (κ2) is 7.61. The summed E-state index contributed by atoms with van der Waals surface area (Å²) in [4.78, 5) is 0. The maximum absolute atomic E-state index is 6.03. The van der Waals surface area contributed by atoms with Gasteiger partial charge < -0.3 is 5.32 Å². The van der Waals surface area contributed by atoms with Gasteiger partial charge in [0.25, 0.3) is 0 Å². The van der Waals surface area contributed by atoms with Gasteiger partial charge >= 0.3 is 0 Å². The lowest BCUT2D eigenvalue weighted by atomic mass is 10.2. The van der Waals surface area contributed by atoms with Crippen molar-refractivity contribution < 1.29 is 0 Å². The molecule has 0 unspecified atom stereocenters. The third-order valence-electron chi connectivity index (χ3n) is 2.43. The van der Waals surface area contributed by atoms with Crippen molar-refractivity contribution >= 4 is 64.0 Å². The summed E-state index contributed by atoms with van der Waals surface area (Å²) in [5, 5.41) is 9.00. The van der Waals surface area contributed by atoms with Crippen molar-refractivity contribution in [2.45, 2.75) is 0 Å². The van der Waals surface area contributed by atoms with E-state index in [9.17, 15) is 0 Å². The molecule has 0 amide bonds. The van der Waals surface area contributed by atoms with Crippen LogP contribution < -0.4 is 10.7 Å². The Labute approximate surface area is 142 Å². The van der Waals surface area contributed by atoms with Crippen LogP contribution in [0.5, 0.6) is 0 Å². The molecule has 0 aromatic heterocycles. The molecule has 21 heavy (non-hydrogen) atoms. The molecule has 0 saturated carbocycles. The molecule has 0 saturated heterocycles. The normalized spacial score (nSPS) is 10.6. The van der Waals surface area contributed by atoms with Gasteiger partial charge in [0.15, 0.2) is 5.11 Å². The van der Waals surface area contributed by atoms with E-state index in [0.29, 0.717) is 25.9 Å². The summed E-state index contributed by atoms with van der Waals surface area (Å²) in [6.45, 7) is 0. The minimum absolute atomic E-state index is 0.310. The van der Waals surface area contributed by atoms with Gasteiger partial charge in [0.05, 0.1) is 16.9 Å². The number of anilines is 1. The molecule has 7 heteroatoms. The first-order valence-corrected chi connectivity index (χ1v) is 7.39. The summed E-state index contributed by atoms with van der Waals surface area (Å²) < 4.78 is 0. The molecule has 0 heterocycles. The Bertz CT molecular complexity index is 672. The number of halogens is 3. The van der Waals surface area contributed by atoms with Crippen LogP contribution in [0, 0.1) is 0 Å². The van der Waals surface area contributed by atoms with Gasteiger partial charge in [-0.3, -0.25) is 5.43 Å². The lowest BCUT2D eigenvalue weighted by molar-refractivity contribution is 1.05. The van der Waals surface area contributed by atoms with Crippen LogP contribution in [0.15, 0.2) is 47.6 Å². The van der Waals surface area contributed by atoms with E-state index in [1.54, 1.807) is 36.5 Å². The van der Waals surface area contributed by atoms with E-state index in [-0.39, 0.29) is 0 Å². The first-order valence-electron chi connectivity index (χ1n) is 5.85. The zero-order valence-corrected chi connectivity index (χ0v) is 13.7. The average Bonchev–Trinajstić information content (AvgIpc) is 2.45. The maximum Gasteiger partial charge on any atom is 0.191 e. The highest BCUT2D eigenvalue weighted by Gasteiger charge is 2.02. The highest BCUT2D eigenvalue weighted by Crippen LogP contribution is 2.25. The van der Waals surface area contributed by atoms with Gasteiger partial charge in [-0.1, -0.05) is 46.9 Å². The van der Waals surface area contributed by atoms with Crippen molar-refractivity contribution in [3.8, 4) is 0 Å². The largest absolute Gasteiger partial charge is 0.330 e. The quantitative estimate of drug-likeness (QED) is 0.462. The Morgan fingerprint density at radius 1 is 1.00 bits per heavy atom. The Balaban J connectivity index is 1.93. The lowest BCUT2D eigenvalue weighted by Gasteiger charge is -2.08. The summed E-state index contributed by atoms with van der Waals surface area (Å²) >= 11 is 22.8. The summed E-state index contributed by atoms with van der Waals surface area (Å²) in [7, 11) is 0. The smallest absolute Gasteiger partial charge is 0.191 e. The van der Waals surface area contributed by atoms with Crippen LogP contribution in [0.3, 0.4) is 0 Å². The molecule has 2 aromatic carbocycles. The van der Waals surface area contributed by atoms with Crippen LogP contribution in [0.4, 0.5) is 5.69 Å². The van der Waals surface area contributed by atoms with Gasteiger partial charge in [-0.25, -0.2) is 0 Å². The summed E-state index contributed by atoms with van der Waals surface area (Å²) in [6.07, 6.45) is 1.63. The molecule has 0 atom stereocenters. The highest BCUT2D eigenvalue weighted by atomic mass is 35.5. The predicted octanol–water partition coefficient (Wildman–Crippen LogP) is 4.97. The minimum Gasteiger partial charge on any atom is -0.330 e. The SMILES string of the molecule is S=C(N/N=C/c1ccc(Cl)cc1)Nc1cc(Cl)ccc1Cl. The van der Waals surface area contributed by atoms with Crippen LogP contribution in [0.25, 0.3) is 0 Å². The van der Waals surface area contributed by atoms with Crippen LogP contribution in [0.1, 0.15) is 5.56 Å². The third kappa shape index (κ3) is 5.17. The van der Waals surface area contributed by atoms with Crippen molar-refractivity contribution in [1.29, 1.82) is 0 Å². The molecule has 0 aliphatic carbocycles. The highest BCUT2D eigenvalue weighted by molar-refractivity contribution is 7.80. The van der Waals surface area contributed by atoms with E-state index in [1.165, 1.54) is 0 Å². The number of hydrazone groups is 1. The second-order valence-electron chi connectivity index (χ2n) is 4.00. The van der Waals surface area contributed by atoms with Gasteiger partial charge in [0.2, 0.25) is 0 Å². The Morgan fingerprint density at radius 2 is 1.67 bits per heavy atom. The molecule has 108 valence electrons. The zero-order valence-electron chi connectivity index (χ0n) is 10.6. The minimum atomic E-state index is 0.310. The Hall–Kier alpha value is -1.33. The van der Waals surface area contributed by atoms with Gasteiger partial charge in [-0.05, 0) is 48.1 Å². The summed E-state index contributed by atoms with van der Waals surface area (Å²) in [6, 6.07) is 12.3. The molecule has 0 fully saturated rings. The molecule has 0 bridgehead atoms. The molecule has 0 aliphatic rings. The summed E-state index contributed by atoms with van der Waals surface area (Å²) in [5.74, 6) is 0. The standard InChI is InChI=1S/C14H10Cl3N3S/c15-10-3-1-9(2-4-10)8-18-20-14(21)19-13-7-11(16)5-6-12(13)17/h1-8H,(H2,19,20,21)/b18-8+. The van der Waals surface area contributed by atoms with Gasteiger partial charge in [0, 0.05) is 10.0 Å². The fourth-order valence-corrected chi connectivity index (χ4v) is 2.08. The van der Waals surface area contributed by atoms with Crippen LogP contribution in [-0.2, 0) is 0 Å². The van der Waals surface area contributed by atoms with E-state index in [4.69, 9.17) is 47.0 Å². The number of rotatable bonds is 3. The van der Waals surface area contributed by atoms with Gasteiger partial charge in [0.1, 0.15) is 0 Å². The van der Waals surface area contributed by atoms with E-state index >= 15 is 0 Å². The zero-order chi connectivity index (χ0) is 15.2. The Morgan fingerprint density at radius 3 is 2.38 bits per heavy atom. The van der Waals surface area contributed by atoms with Crippen molar-refractivity contribution in [2.24, 2.45) is 5.10 Å². The first kappa shape index (κ1) is 16.0. The van der Waals surface area contributed by atoms with Crippen molar-refractivity contribution in [3.63, 3.8) is 0 Å². The lowest BCUT2D eigenvalue weighted by Crippen LogP contribution is -2.24. The molecule has 3 nitrogen and oxygen atoms in total. The summed E-state index contributed by atoms with van der Waals surface area (Å²) in [5.41, 5.74) is 4.21. The number of hydrogen-bond donors (Lipinski definition) is 2. The average molecular weight is 359 g/mol. The number of benzene rings is 2. The van der Waals surface area contributed by atoms with Crippen LogP contribution in [0.2, 0.25) is 15.1 Å². The molecular formula is C14H10Cl3N3S. The first-order chi connectivity index (χ1) is 10.0. The molecule has 2 N–H and O–H groups in total. The molecule has 0 radical (unpaired) electrons. The fraction of sp³-hybridized carbons (Fsp3) is 0. The molecule has 2 rings (SSSR count). The van der Waals surface area contributed by atoms with Crippen LogP contribution >= 0.6 is 47.0 Å². The van der Waals surface area contributed by atoms with E-state index in [0.717, 1.165) is 5.56 Å². The number of nitrogens with one attached hydrogen (secondary N) is 2.